The van der Waals surface area contributed by atoms with Gasteiger partial charge in [0.1, 0.15) is 11.3 Å². The van der Waals surface area contributed by atoms with Crippen LogP contribution in [0.5, 0.6) is 5.75 Å². The van der Waals surface area contributed by atoms with Gasteiger partial charge in [-0.05, 0) is 24.3 Å². The fourth-order valence-electron chi connectivity index (χ4n) is 1.89. The smallest absolute Gasteiger partial charge is 0.155 e. The number of nitrogens with two attached hydrogens (primary N) is 1. The lowest BCUT2D eigenvalue weighted by atomic mass is 10.3. The van der Waals surface area contributed by atoms with Crippen molar-refractivity contribution >= 4 is 16.7 Å². The van der Waals surface area contributed by atoms with Crippen LogP contribution in [0.1, 0.15) is 5.82 Å². The van der Waals surface area contributed by atoms with Crippen LogP contribution in [-0.4, -0.2) is 21.8 Å². The van der Waals surface area contributed by atoms with Gasteiger partial charge in [0.15, 0.2) is 5.82 Å². The molecule has 0 radical (unpaired) electrons. The number of fused-ring (bicyclic) bond motifs is 1. The molecule has 5 nitrogen and oxygen atoms in total. The normalized spacial score (nSPS) is 10.6. The van der Waals surface area contributed by atoms with E-state index < -0.39 is 0 Å². The lowest BCUT2D eigenvalue weighted by molar-refractivity contribution is 0.320. The molecular weight excluding hydrogens is 252 g/mol. The lowest BCUT2D eigenvalue weighted by Crippen LogP contribution is -2.07. The van der Waals surface area contributed by atoms with E-state index in [4.69, 9.17) is 10.5 Å². The zero-order valence-electron chi connectivity index (χ0n) is 10.9. The van der Waals surface area contributed by atoms with Gasteiger partial charge in [0, 0.05) is 6.42 Å². The van der Waals surface area contributed by atoms with E-state index in [-0.39, 0.29) is 0 Å². The highest BCUT2D eigenvalue weighted by molar-refractivity contribution is 5.72. The van der Waals surface area contributed by atoms with Crippen molar-refractivity contribution in [3.8, 4) is 5.75 Å². The summed E-state index contributed by atoms with van der Waals surface area (Å²) < 4.78 is 5.62. The fourth-order valence-corrected chi connectivity index (χ4v) is 1.89. The number of nitrogen functional groups attached to an aromatic ring is 1. The third-order valence-electron chi connectivity index (χ3n) is 2.91. The average molecular weight is 266 g/mol. The molecule has 3 aromatic rings. The van der Waals surface area contributed by atoms with Gasteiger partial charge < -0.3 is 10.5 Å². The van der Waals surface area contributed by atoms with E-state index in [2.05, 4.69) is 15.2 Å². The summed E-state index contributed by atoms with van der Waals surface area (Å²) in [6, 6.07) is 15.1. The van der Waals surface area contributed by atoms with Crippen molar-refractivity contribution in [2.75, 3.05) is 12.3 Å². The van der Waals surface area contributed by atoms with Crippen LogP contribution in [0, 0.1) is 0 Å². The second-order valence-electron chi connectivity index (χ2n) is 4.35. The number of ether oxygens (including phenoxy) is 1. The number of benzene rings is 2. The third kappa shape index (κ3) is 2.66. The maximum absolute atomic E-state index is 5.81. The van der Waals surface area contributed by atoms with E-state index in [0.29, 0.717) is 30.3 Å². The van der Waals surface area contributed by atoms with E-state index in [9.17, 15) is 0 Å². The van der Waals surface area contributed by atoms with Crippen LogP contribution < -0.4 is 10.5 Å². The molecule has 20 heavy (non-hydrogen) atoms. The van der Waals surface area contributed by atoms with Crippen LogP contribution in [0.25, 0.3) is 11.0 Å². The van der Waals surface area contributed by atoms with Gasteiger partial charge in [-0.15, -0.1) is 10.2 Å². The molecule has 0 bridgehead atoms. The number of aromatic nitrogens is 3. The monoisotopic (exact) mass is 266 g/mol. The Bertz CT molecular complexity index is 730. The number of anilines is 1. The van der Waals surface area contributed by atoms with Gasteiger partial charge in [-0.1, -0.05) is 24.3 Å². The van der Waals surface area contributed by atoms with Gasteiger partial charge in [0.2, 0.25) is 0 Å². The van der Waals surface area contributed by atoms with Crippen molar-refractivity contribution in [1.82, 2.24) is 15.2 Å². The quantitative estimate of drug-likeness (QED) is 0.733. The molecule has 0 amide bonds. The van der Waals surface area contributed by atoms with Crippen molar-refractivity contribution in [1.29, 1.82) is 0 Å². The Morgan fingerprint density at radius 2 is 1.65 bits per heavy atom. The van der Waals surface area contributed by atoms with Gasteiger partial charge in [0.25, 0.3) is 0 Å². The number of para-hydroxylation sites is 3. The zero-order valence-corrected chi connectivity index (χ0v) is 10.9. The molecular formula is C15H14N4O. The van der Waals surface area contributed by atoms with Gasteiger partial charge in [-0.3, -0.25) is 0 Å². The van der Waals surface area contributed by atoms with E-state index in [0.717, 1.165) is 11.0 Å². The maximum Gasteiger partial charge on any atom is 0.155 e. The largest absolute Gasteiger partial charge is 0.491 e. The Kier molecular flexibility index (Phi) is 3.41. The highest BCUT2D eigenvalue weighted by atomic mass is 16.5. The summed E-state index contributed by atoms with van der Waals surface area (Å²) in [6.07, 6.45) is 0.589. The molecule has 5 heteroatoms. The van der Waals surface area contributed by atoms with Crippen molar-refractivity contribution in [2.24, 2.45) is 0 Å². The van der Waals surface area contributed by atoms with Crippen LogP contribution in [0.15, 0.2) is 48.5 Å². The topological polar surface area (TPSA) is 73.9 Å². The van der Waals surface area contributed by atoms with E-state index in [1.165, 1.54) is 0 Å². The summed E-state index contributed by atoms with van der Waals surface area (Å²) in [6.45, 7) is 0.467. The van der Waals surface area contributed by atoms with E-state index >= 15 is 0 Å². The zero-order chi connectivity index (χ0) is 13.8. The van der Waals surface area contributed by atoms with Crippen LogP contribution in [0.2, 0.25) is 0 Å². The molecule has 3 rings (SSSR count). The third-order valence-corrected chi connectivity index (χ3v) is 2.91. The first-order valence-corrected chi connectivity index (χ1v) is 6.38. The number of hydrogen-bond acceptors (Lipinski definition) is 5. The molecule has 0 spiro atoms. The number of nitrogens with zero attached hydrogens (tertiary/aromatic N) is 3. The van der Waals surface area contributed by atoms with Crippen LogP contribution in [0.3, 0.4) is 0 Å². The molecule has 1 heterocycles. The van der Waals surface area contributed by atoms with Gasteiger partial charge >= 0.3 is 0 Å². The predicted molar refractivity (Wildman–Crippen MR) is 77.4 cm³/mol. The minimum absolute atomic E-state index is 0.467. The SMILES string of the molecule is Nc1ccccc1OCCc1nnc2ccccc2n1. The van der Waals surface area contributed by atoms with Crippen molar-refractivity contribution < 1.29 is 4.74 Å². The molecule has 0 aliphatic rings. The van der Waals surface area contributed by atoms with Crippen LogP contribution in [0.4, 0.5) is 5.69 Å². The first-order valence-electron chi connectivity index (χ1n) is 6.38. The average Bonchev–Trinajstić information content (AvgIpc) is 2.49. The first kappa shape index (κ1) is 12.3. The molecule has 2 aromatic carbocycles. The Labute approximate surface area is 116 Å². The Morgan fingerprint density at radius 3 is 2.50 bits per heavy atom. The van der Waals surface area contributed by atoms with Gasteiger partial charge in [0.05, 0.1) is 17.8 Å². The van der Waals surface area contributed by atoms with E-state index in [1.54, 1.807) is 0 Å². The summed E-state index contributed by atoms with van der Waals surface area (Å²) in [5.41, 5.74) is 8.08. The molecule has 0 unspecified atom stereocenters. The molecule has 0 saturated carbocycles. The molecule has 2 N–H and O–H groups in total. The molecule has 0 fully saturated rings. The highest BCUT2D eigenvalue weighted by Gasteiger charge is 2.03. The summed E-state index contributed by atoms with van der Waals surface area (Å²) in [5, 5.41) is 8.22. The maximum atomic E-state index is 5.81. The summed E-state index contributed by atoms with van der Waals surface area (Å²) in [5.74, 6) is 1.35. The molecule has 0 atom stereocenters. The van der Waals surface area contributed by atoms with Crippen LogP contribution >= 0.6 is 0 Å². The minimum atomic E-state index is 0.467. The predicted octanol–water partition coefficient (Wildman–Crippen LogP) is 2.23. The summed E-state index contributed by atoms with van der Waals surface area (Å²) in [4.78, 5) is 4.44. The molecule has 1 aromatic heterocycles. The molecule has 0 saturated heterocycles. The second kappa shape index (κ2) is 5.52. The van der Waals surface area contributed by atoms with Crippen LogP contribution in [-0.2, 0) is 6.42 Å². The van der Waals surface area contributed by atoms with Crippen molar-refractivity contribution in [3.63, 3.8) is 0 Å². The number of rotatable bonds is 4. The first-order chi connectivity index (χ1) is 9.83. The van der Waals surface area contributed by atoms with Crippen molar-refractivity contribution in [3.05, 3.63) is 54.4 Å². The summed E-state index contributed by atoms with van der Waals surface area (Å²) >= 11 is 0. The number of hydrogen-bond donors (Lipinski definition) is 1. The van der Waals surface area contributed by atoms with Crippen molar-refractivity contribution in [2.45, 2.75) is 6.42 Å². The highest BCUT2D eigenvalue weighted by Crippen LogP contribution is 2.19. The second-order valence-corrected chi connectivity index (χ2v) is 4.35. The fraction of sp³-hybridized carbons (Fsp3) is 0.133. The summed E-state index contributed by atoms with van der Waals surface area (Å²) in [7, 11) is 0. The van der Waals surface area contributed by atoms with Gasteiger partial charge in [-0.2, -0.15) is 0 Å². The Morgan fingerprint density at radius 1 is 0.900 bits per heavy atom. The minimum Gasteiger partial charge on any atom is -0.491 e. The Hall–Kier alpha value is -2.69. The standard InChI is InChI=1S/C15H14N4O/c16-11-5-1-4-8-14(11)20-10-9-15-17-12-6-2-3-7-13(12)18-19-15/h1-8H,9-10,16H2. The molecule has 0 aliphatic heterocycles. The Balaban J connectivity index is 1.67. The van der Waals surface area contributed by atoms with E-state index in [1.807, 2.05) is 48.5 Å². The molecule has 100 valence electrons. The lowest BCUT2D eigenvalue weighted by Gasteiger charge is -2.07. The van der Waals surface area contributed by atoms with Gasteiger partial charge in [-0.25, -0.2) is 4.98 Å². The molecule has 0 aliphatic carbocycles.